The lowest BCUT2D eigenvalue weighted by Gasteiger charge is -2.37. The van der Waals surface area contributed by atoms with E-state index in [0.717, 1.165) is 23.2 Å². The maximum atomic E-state index is 13.1. The topological polar surface area (TPSA) is 66.5 Å². The second kappa shape index (κ2) is 5.54. The normalized spacial score (nSPS) is 36.5. The first-order chi connectivity index (χ1) is 12.9. The number of benzene rings is 1. The van der Waals surface area contributed by atoms with E-state index in [4.69, 9.17) is 0 Å². The number of hydrogen-bond acceptors (Lipinski definition) is 3. The molecular formula is C22H24N2O3. The predicted molar refractivity (Wildman–Crippen MR) is 101 cm³/mol. The molecule has 2 bridgehead atoms. The van der Waals surface area contributed by atoms with Crippen LogP contribution in [0.3, 0.4) is 0 Å². The third kappa shape index (κ3) is 2.27. The summed E-state index contributed by atoms with van der Waals surface area (Å²) in [7, 11) is 0. The van der Waals surface area contributed by atoms with Gasteiger partial charge in [0.15, 0.2) is 0 Å². The highest BCUT2D eigenvalue weighted by atomic mass is 16.2. The summed E-state index contributed by atoms with van der Waals surface area (Å²) in [5.41, 5.74) is 2.80. The largest absolute Gasteiger partial charge is 0.324 e. The van der Waals surface area contributed by atoms with E-state index >= 15 is 0 Å². The van der Waals surface area contributed by atoms with Crippen LogP contribution in [0.25, 0.3) is 0 Å². The van der Waals surface area contributed by atoms with Gasteiger partial charge in [0.2, 0.25) is 17.7 Å². The first kappa shape index (κ1) is 16.7. The van der Waals surface area contributed by atoms with Crippen LogP contribution in [0, 0.1) is 49.4 Å². The minimum Gasteiger partial charge on any atom is -0.324 e. The van der Waals surface area contributed by atoms with Gasteiger partial charge < -0.3 is 5.32 Å². The van der Waals surface area contributed by atoms with Gasteiger partial charge in [-0.25, -0.2) is 0 Å². The summed E-state index contributed by atoms with van der Waals surface area (Å²) in [4.78, 5) is 40.3. The van der Waals surface area contributed by atoms with Crippen molar-refractivity contribution in [1.82, 2.24) is 4.90 Å². The molecule has 1 saturated heterocycles. The van der Waals surface area contributed by atoms with Gasteiger partial charge in [0.25, 0.3) is 0 Å². The molecule has 140 valence electrons. The fourth-order valence-corrected chi connectivity index (χ4v) is 5.67. The van der Waals surface area contributed by atoms with Crippen LogP contribution in [0.15, 0.2) is 30.4 Å². The van der Waals surface area contributed by atoms with Gasteiger partial charge in [-0.15, -0.1) is 0 Å². The Bertz CT molecular complexity index is 869. The summed E-state index contributed by atoms with van der Waals surface area (Å²) in [6, 6.07) is 4.99. The molecule has 3 fully saturated rings. The summed E-state index contributed by atoms with van der Waals surface area (Å²) in [6.07, 6.45) is 5.43. The first-order valence-electron chi connectivity index (χ1n) is 9.82. The molecule has 1 heterocycles. The summed E-state index contributed by atoms with van der Waals surface area (Å²) in [5, 5.41) is 2.89. The van der Waals surface area contributed by atoms with E-state index < -0.39 is 6.04 Å². The van der Waals surface area contributed by atoms with Crippen molar-refractivity contribution < 1.29 is 14.4 Å². The molecule has 27 heavy (non-hydrogen) atoms. The maximum Gasteiger partial charge on any atom is 0.247 e. The van der Waals surface area contributed by atoms with Crippen molar-refractivity contribution in [1.29, 1.82) is 0 Å². The molecule has 7 atom stereocenters. The zero-order valence-electron chi connectivity index (χ0n) is 15.8. The Labute approximate surface area is 158 Å². The van der Waals surface area contributed by atoms with Crippen molar-refractivity contribution >= 4 is 23.4 Å². The monoisotopic (exact) mass is 364 g/mol. The molecule has 6 rings (SSSR count). The van der Waals surface area contributed by atoms with Gasteiger partial charge in [-0.1, -0.05) is 29.8 Å². The van der Waals surface area contributed by atoms with Gasteiger partial charge in [0, 0.05) is 5.69 Å². The third-order valence-corrected chi connectivity index (χ3v) is 7.10. The smallest absolute Gasteiger partial charge is 0.247 e. The van der Waals surface area contributed by atoms with Gasteiger partial charge in [-0.2, -0.15) is 0 Å². The fourth-order valence-electron chi connectivity index (χ4n) is 5.67. The molecule has 7 unspecified atom stereocenters. The van der Waals surface area contributed by atoms with E-state index in [0.29, 0.717) is 11.8 Å². The molecule has 1 N–H and O–H groups in total. The number of amides is 3. The van der Waals surface area contributed by atoms with Gasteiger partial charge in [0.1, 0.15) is 6.04 Å². The highest BCUT2D eigenvalue weighted by Crippen LogP contribution is 2.65. The molecule has 0 spiro atoms. The molecule has 3 amide bonds. The highest BCUT2D eigenvalue weighted by molar-refractivity contribution is 6.10. The number of imide groups is 1. The zero-order chi connectivity index (χ0) is 19.0. The van der Waals surface area contributed by atoms with Crippen LogP contribution >= 0.6 is 0 Å². The lowest BCUT2D eigenvalue weighted by atomic mass is 9.63. The molecule has 1 aromatic rings. The molecule has 2 saturated carbocycles. The van der Waals surface area contributed by atoms with Crippen LogP contribution in [-0.2, 0) is 14.4 Å². The zero-order valence-corrected chi connectivity index (χ0v) is 15.8. The number of carbonyl (C=O) groups excluding carboxylic acids is 3. The van der Waals surface area contributed by atoms with E-state index in [1.54, 1.807) is 6.92 Å². The fraction of sp³-hybridized carbons (Fsp3) is 0.500. The average Bonchev–Trinajstić information content (AvgIpc) is 3.41. The SMILES string of the molecule is Cc1ccc(NC(=O)C(C)N2C(=O)C3C4C=CC(C5CC45)C3C2=O)c(C)c1. The van der Waals surface area contributed by atoms with Crippen LogP contribution in [0.4, 0.5) is 5.69 Å². The van der Waals surface area contributed by atoms with Gasteiger partial charge in [0.05, 0.1) is 11.8 Å². The van der Waals surface area contributed by atoms with E-state index in [-0.39, 0.29) is 41.4 Å². The van der Waals surface area contributed by atoms with E-state index in [1.165, 1.54) is 4.90 Å². The summed E-state index contributed by atoms with van der Waals surface area (Å²) >= 11 is 0. The molecule has 1 aliphatic heterocycles. The lowest BCUT2D eigenvalue weighted by Crippen LogP contribution is -2.46. The summed E-state index contributed by atoms with van der Waals surface area (Å²) < 4.78 is 0. The van der Waals surface area contributed by atoms with Crippen molar-refractivity contribution in [3.05, 3.63) is 41.5 Å². The highest BCUT2D eigenvalue weighted by Gasteiger charge is 2.67. The number of allylic oxidation sites excluding steroid dienone is 2. The van der Waals surface area contributed by atoms with E-state index in [1.807, 2.05) is 32.0 Å². The van der Waals surface area contributed by atoms with Crippen LogP contribution in [-0.4, -0.2) is 28.7 Å². The van der Waals surface area contributed by atoms with Crippen LogP contribution in [0.2, 0.25) is 0 Å². The minimum atomic E-state index is -0.799. The second-order valence-corrected chi connectivity index (χ2v) is 8.68. The Balaban J connectivity index is 1.38. The lowest BCUT2D eigenvalue weighted by molar-refractivity contribution is -0.146. The van der Waals surface area contributed by atoms with Crippen LogP contribution < -0.4 is 5.32 Å². The number of likely N-dealkylation sites (tertiary alicyclic amines) is 1. The predicted octanol–water partition coefficient (Wildman–Crippen LogP) is 2.68. The van der Waals surface area contributed by atoms with Crippen LogP contribution in [0.1, 0.15) is 24.5 Å². The quantitative estimate of drug-likeness (QED) is 0.662. The molecule has 5 nitrogen and oxygen atoms in total. The third-order valence-electron chi connectivity index (χ3n) is 7.10. The van der Waals surface area contributed by atoms with Crippen molar-refractivity contribution in [2.75, 3.05) is 5.32 Å². The Morgan fingerprint density at radius 1 is 1.07 bits per heavy atom. The molecule has 0 aromatic heterocycles. The van der Waals surface area contributed by atoms with E-state index in [2.05, 4.69) is 17.5 Å². The Morgan fingerprint density at radius 2 is 1.67 bits per heavy atom. The number of carbonyl (C=O) groups is 3. The Morgan fingerprint density at radius 3 is 2.22 bits per heavy atom. The Kier molecular flexibility index (Phi) is 3.43. The van der Waals surface area contributed by atoms with Crippen LogP contribution in [0.5, 0.6) is 0 Å². The number of nitrogens with one attached hydrogen (secondary N) is 1. The van der Waals surface area contributed by atoms with Crippen molar-refractivity contribution in [2.24, 2.45) is 35.5 Å². The Hall–Kier alpha value is -2.43. The first-order valence-corrected chi connectivity index (χ1v) is 9.82. The van der Waals surface area contributed by atoms with Gasteiger partial charge in [-0.05, 0) is 62.5 Å². The van der Waals surface area contributed by atoms with Crippen molar-refractivity contribution in [3.63, 3.8) is 0 Å². The van der Waals surface area contributed by atoms with E-state index in [9.17, 15) is 14.4 Å². The number of nitrogens with zero attached hydrogens (tertiary/aromatic N) is 1. The average molecular weight is 364 g/mol. The second-order valence-electron chi connectivity index (χ2n) is 8.68. The summed E-state index contributed by atoms with van der Waals surface area (Å²) in [5.74, 6) is 0.362. The maximum absolute atomic E-state index is 13.1. The molecule has 0 radical (unpaired) electrons. The number of aryl methyl sites for hydroxylation is 2. The van der Waals surface area contributed by atoms with Crippen molar-refractivity contribution in [2.45, 2.75) is 33.2 Å². The molecule has 4 aliphatic carbocycles. The minimum absolute atomic E-state index is 0.155. The van der Waals surface area contributed by atoms with Gasteiger partial charge in [-0.3, -0.25) is 19.3 Å². The molecule has 5 aliphatic rings. The molecular weight excluding hydrogens is 340 g/mol. The summed E-state index contributed by atoms with van der Waals surface area (Å²) in [6.45, 7) is 5.59. The number of rotatable bonds is 3. The van der Waals surface area contributed by atoms with Gasteiger partial charge >= 0.3 is 0 Å². The molecule has 5 heteroatoms. The van der Waals surface area contributed by atoms with Crippen molar-refractivity contribution in [3.8, 4) is 0 Å². The number of hydrogen-bond donors (Lipinski definition) is 1. The number of anilines is 1. The molecule has 1 aromatic carbocycles. The standard InChI is InChI=1S/C22H24N2O3/c1-10-4-7-17(11(2)8-10)23-20(25)12(3)24-21(26)18-13-5-6-14(16-9-15(13)16)19(18)22(24)27/h4-8,12-16,18-19H,9H2,1-3H3,(H,23,25).